The Kier molecular flexibility index (Phi) is 4.93. The molecular formula is C11H14ClN3O2. The van der Waals surface area contributed by atoms with E-state index >= 15 is 0 Å². The summed E-state index contributed by atoms with van der Waals surface area (Å²) in [5, 5.41) is 5.47. The van der Waals surface area contributed by atoms with E-state index in [1.165, 1.54) is 0 Å². The van der Waals surface area contributed by atoms with E-state index in [2.05, 4.69) is 10.6 Å². The zero-order valence-electron chi connectivity index (χ0n) is 9.42. The van der Waals surface area contributed by atoms with Crippen molar-refractivity contribution in [1.29, 1.82) is 0 Å². The Morgan fingerprint density at radius 1 is 1.35 bits per heavy atom. The Labute approximate surface area is 104 Å². The van der Waals surface area contributed by atoms with Crippen molar-refractivity contribution < 1.29 is 9.59 Å². The highest BCUT2D eigenvalue weighted by atomic mass is 35.5. The minimum atomic E-state index is -0.379. The number of benzene rings is 1. The molecular weight excluding hydrogens is 242 g/mol. The summed E-state index contributed by atoms with van der Waals surface area (Å²) in [6.07, 6.45) is 0. The molecule has 0 saturated carbocycles. The Morgan fingerprint density at radius 2 is 2.06 bits per heavy atom. The molecule has 1 aromatic rings. The van der Waals surface area contributed by atoms with Crippen molar-refractivity contribution in [2.75, 3.05) is 18.4 Å². The SMILES string of the molecule is Cc1cccc(Cl)c1NC(=O)CNC(=O)CN. The average molecular weight is 256 g/mol. The standard InChI is InChI=1S/C11H14ClN3O2/c1-7-3-2-4-8(12)11(7)15-10(17)6-14-9(16)5-13/h2-4H,5-6,13H2,1H3,(H,14,16)(H,15,17). The second-order valence-electron chi connectivity index (χ2n) is 3.46. The van der Waals surface area contributed by atoms with Gasteiger partial charge in [0.2, 0.25) is 11.8 Å². The number of halogens is 1. The molecule has 0 aliphatic heterocycles. The molecule has 0 saturated heterocycles. The van der Waals surface area contributed by atoms with Gasteiger partial charge >= 0.3 is 0 Å². The maximum absolute atomic E-state index is 11.5. The van der Waals surface area contributed by atoms with Crippen molar-refractivity contribution in [3.8, 4) is 0 Å². The van der Waals surface area contributed by atoms with E-state index < -0.39 is 0 Å². The van der Waals surface area contributed by atoms with E-state index in [4.69, 9.17) is 17.3 Å². The molecule has 17 heavy (non-hydrogen) atoms. The molecule has 0 aromatic heterocycles. The van der Waals surface area contributed by atoms with Gasteiger partial charge in [0, 0.05) is 0 Å². The number of amides is 2. The third-order valence-electron chi connectivity index (χ3n) is 2.12. The molecule has 2 amide bonds. The van der Waals surface area contributed by atoms with Gasteiger partial charge in [0.1, 0.15) is 0 Å². The van der Waals surface area contributed by atoms with Gasteiger partial charge in [-0.05, 0) is 18.6 Å². The van der Waals surface area contributed by atoms with Crippen molar-refractivity contribution in [3.05, 3.63) is 28.8 Å². The first-order valence-electron chi connectivity index (χ1n) is 5.06. The Balaban J connectivity index is 2.59. The predicted octanol–water partition coefficient (Wildman–Crippen LogP) is 0.662. The number of hydrogen-bond donors (Lipinski definition) is 3. The van der Waals surface area contributed by atoms with Crippen LogP contribution in [0.5, 0.6) is 0 Å². The summed E-state index contributed by atoms with van der Waals surface area (Å²) in [5.41, 5.74) is 6.51. The number of hydrogen-bond acceptors (Lipinski definition) is 3. The fourth-order valence-electron chi connectivity index (χ4n) is 1.22. The molecule has 0 radical (unpaired) electrons. The molecule has 1 aromatic carbocycles. The summed E-state index contributed by atoms with van der Waals surface area (Å²) >= 11 is 5.94. The summed E-state index contributed by atoms with van der Waals surface area (Å²) in [7, 11) is 0. The van der Waals surface area contributed by atoms with Crippen LogP contribution in [-0.4, -0.2) is 24.9 Å². The van der Waals surface area contributed by atoms with Crippen LogP contribution in [-0.2, 0) is 9.59 Å². The van der Waals surface area contributed by atoms with Gasteiger partial charge in [0.15, 0.2) is 0 Å². The van der Waals surface area contributed by atoms with E-state index in [1.807, 2.05) is 13.0 Å². The number of para-hydroxylation sites is 1. The normalized spacial score (nSPS) is 9.82. The molecule has 0 heterocycles. The summed E-state index contributed by atoms with van der Waals surface area (Å²) in [6, 6.07) is 5.31. The summed E-state index contributed by atoms with van der Waals surface area (Å²) < 4.78 is 0. The van der Waals surface area contributed by atoms with E-state index in [0.717, 1.165) is 5.56 Å². The average Bonchev–Trinajstić information content (AvgIpc) is 2.31. The Morgan fingerprint density at radius 3 is 2.65 bits per heavy atom. The number of carbonyl (C=O) groups excluding carboxylic acids is 2. The number of nitrogens with two attached hydrogens (primary N) is 1. The maximum Gasteiger partial charge on any atom is 0.243 e. The van der Waals surface area contributed by atoms with Crippen molar-refractivity contribution in [2.24, 2.45) is 5.73 Å². The molecule has 0 bridgehead atoms. The Hall–Kier alpha value is -1.59. The summed E-state index contributed by atoms with van der Waals surface area (Å²) in [6.45, 7) is 1.57. The van der Waals surface area contributed by atoms with Gasteiger partial charge in [0.25, 0.3) is 0 Å². The van der Waals surface area contributed by atoms with Gasteiger partial charge in [-0.1, -0.05) is 23.7 Å². The van der Waals surface area contributed by atoms with Crippen molar-refractivity contribution >= 4 is 29.1 Å². The molecule has 0 aliphatic carbocycles. The van der Waals surface area contributed by atoms with Gasteiger partial charge in [-0.25, -0.2) is 0 Å². The van der Waals surface area contributed by atoms with Crippen molar-refractivity contribution in [2.45, 2.75) is 6.92 Å². The first-order chi connectivity index (χ1) is 8.04. The van der Waals surface area contributed by atoms with Gasteiger partial charge in [-0.15, -0.1) is 0 Å². The quantitative estimate of drug-likeness (QED) is 0.739. The van der Waals surface area contributed by atoms with Gasteiger partial charge < -0.3 is 16.4 Å². The molecule has 5 nitrogen and oxygen atoms in total. The second-order valence-corrected chi connectivity index (χ2v) is 3.87. The zero-order valence-corrected chi connectivity index (χ0v) is 10.2. The number of nitrogens with one attached hydrogen (secondary N) is 2. The van der Waals surface area contributed by atoms with Crippen LogP contribution in [0.15, 0.2) is 18.2 Å². The lowest BCUT2D eigenvalue weighted by Gasteiger charge is -2.10. The molecule has 0 spiro atoms. The third kappa shape index (κ3) is 4.05. The lowest BCUT2D eigenvalue weighted by Crippen LogP contribution is -2.36. The molecule has 4 N–H and O–H groups in total. The van der Waals surface area contributed by atoms with Crippen LogP contribution in [0.4, 0.5) is 5.69 Å². The van der Waals surface area contributed by atoms with Crippen molar-refractivity contribution in [1.82, 2.24) is 5.32 Å². The van der Waals surface area contributed by atoms with Crippen LogP contribution in [0.2, 0.25) is 5.02 Å². The monoisotopic (exact) mass is 255 g/mol. The number of anilines is 1. The Bertz CT molecular complexity index is 414. The highest BCUT2D eigenvalue weighted by Gasteiger charge is 2.08. The molecule has 92 valence electrons. The van der Waals surface area contributed by atoms with Crippen LogP contribution < -0.4 is 16.4 Å². The van der Waals surface area contributed by atoms with Gasteiger partial charge in [0.05, 0.1) is 23.8 Å². The summed E-state index contributed by atoms with van der Waals surface area (Å²) in [5.74, 6) is -0.723. The molecule has 6 heteroatoms. The first kappa shape index (κ1) is 13.5. The molecule has 0 fully saturated rings. The second kappa shape index (κ2) is 6.22. The first-order valence-corrected chi connectivity index (χ1v) is 5.44. The van der Waals surface area contributed by atoms with Crippen LogP contribution in [0, 0.1) is 6.92 Å². The van der Waals surface area contributed by atoms with E-state index in [1.54, 1.807) is 12.1 Å². The highest BCUT2D eigenvalue weighted by Crippen LogP contribution is 2.24. The topological polar surface area (TPSA) is 84.2 Å². The van der Waals surface area contributed by atoms with E-state index in [9.17, 15) is 9.59 Å². The molecule has 1 rings (SSSR count). The predicted molar refractivity (Wildman–Crippen MR) is 66.9 cm³/mol. The third-order valence-corrected chi connectivity index (χ3v) is 2.43. The summed E-state index contributed by atoms with van der Waals surface area (Å²) in [4.78, 5) is 22.4. The smallest absolute Gasteiger partial charge is 0.243 e. The van der Waals surface area contributed by atoms with E-state index in [-0.39, 0.29) is 24.9 Å². The van der Waals surface area contributed by atoms with Gasteiger partial charge in [-0.2, -0.15) is 0 Å². The molecule has 0 aliphatic rings. The zero-order chi connectivity index (χ0) is 12.8. The van der Waals surface area contributed by atoms with Crippen LogP contribution in [0.1, 0.15) is 5.56 Å². The minimum absolute atomic E-state index is 0.124. The number of rotatable bonds is 4. The highest BCUT2D eigenvalue weighted by molar-refractivity contribution is 6.33. The fraction of sp³-hybridized carbons (Fsp3) is 0.273. The maximum atomic E-state index is 11.5. The molecule has 0 atom stereocenters. The number of aryl methyl sites for hydroxylation is 1. The van der Waals surface area contributed by atoms with Crippen LogP contribution in [0.25, 0.3) is 0 Å². The lowest BCUT2D eigenvalue weighted by atomic mass is 10.2. The van der Waals surface area contributed by atoms with Crippen LogP contribution in [0.3, 0.4) is 0 Å². The lowest BCUT2D eigenvalue weighted by molar-refractivity contribution is -0.123. The van der Waals surface area contributed by atoms with Crippen LogP contribution >= 0.6 is 11.6 Å². The minimum Gasteiger partial charge on any atom is -0.346 e. The number of carbonyl (C=O) groups is 2. The van der Waals surface area contributed by atoms with Crippen molar-refractivity contribution in [3.63, 3.8) is 0 Å². The van der Waals surface area contributed by atoms with E-state index in [0.29, 0.717) is 10.7 Å². The largest absolute Gasteiger partial charge is 0.346 e. The molecule has 0 unspecified atom stereocenters. The van der Waals surface area contributed by atoms with Gasteiger partial charge in [-0.3, -0.25) is 9.59 Å². The fourth-order valence-corrected chi connectivity index (χ4v) is 1.49.